The summed E-state index contributed by atoms with van der Waals surface area (Å²) >= 11 is 0. The molecule has 24 heavy (non-hydrogen) atoms. The van der Waals surface area contributed by atoms with E-state index in [1.165, 1.54) is 0 Å². The highest BCUT2D eigenvalue weighted by Crippen LogP contribution is 2.31. The molecule has 0 saturated heterocycles. The summed E-state index contributed by atoms with van der Waals surface area (Å²) in [5, 5.41) is 21.8. The van der Waals surface area contributed by atoms with E-state index in [0.29, 0.717) is 11.3 Å². The van der Waals surface area contributed by atoms with Crippen LogP contribution < -0.4 is 11.1 Å². The molecule has 0 heterocycles. The van der Waals surface area contributed by atoms with Crippen molar-refractivity contribution in [3.05, 3.63) is 23.8 Å². The highest BCUT2D eigenvalue weighted by molar-refractivity contribution is 5.68. The molecule has 1 aromatic rings. The van der Waals surface area contributed by atoms with Gasteiger partial charge in [-0.15, -0.1) is 0 Å². The van der Waals surface area contributed by atoms with Crippen molar-refractivity contribution < 1.29 is 9.90 Å². The van der Waals surface area contributed by atoms with Gasteiger partial charge in [-0.3, -0.25) is 0 Å². The minimum Gasteiger partial charge on any atom is -0.465 e. The topological polar surface area (TPSA) is 102 Å². The van der Waals surface area contributed by atoms with Gasteiger partial charge in [-0.2, -0.15) is 5.26 Å². The molecule has 0 atom stereocenters. The van der Waals surface area contributed by atoms with Crippen LogP contribution in [0.3, 0.4) is 0 Å². The maximum atomic E-state index is 11.6. The molecule has 4 N–H and O–H groups in total. The van der Waals surface area contributed by atoms with E-state index in [1.54, 1.807) is 17.0 Å². The van der Waals surface area contributed by atoms with Crippen molar-refractivity contribution in [3.8, 4) is 6.07 Å². The zero-order valence-electron chi connectivity index (χ0n) is 14.5. The maximum absolute atomic E-state index is 11.6. The largest absolute Gasteiger partial charge is 0.465 e. The van der Waals surface area contributed by atoms with Gasteiger partial charge in [0.05, 0.1) is 23.0 Å². The van der Waals surface area contributed by atoms with Crippen molar-refractivity contribution in [2.75, 3.05) is 11.1 Å². The second kappa shape index (κ2) is 7.00. The number of anilines is 2. The fourth-order valence-corrected chi connectivity index (χ4v) is 3.45. The molecule has 0 unspecified atom stereocenters. The molecule has 0 bridgehead atoms. The third-order valence-corrected chi connectivity index (χ3v) is 4.53. The minimum atomic E-state index is -0.852. The first kappa shape index (κ1) is 17.9. The lowest BCUT2D eigenvalue weighted by Gasteiger charge is -2.43. The van der Waals surface area contributed by atoms with Crippen molar-refractivity contribution in [2.45, 2.75) is 64.1 Å². The molecule has 0 spiro atoms. The number of nitriles is 1. The predicted molar refractivity (Wildman–Crippen MR) is 94.9 cm³/mol. The van der Waals surface area contributed by atoms with E-state index in [4.69, 9.17) is 11.0 Å². The number of hydrogen-bond donors (Lipinski definition) is 3. The monoisotopic (exact) mass is 330 g/mol. The van der Waals surface area contributed by atoms with E-state index >= 15 is 0 Å². The summed E-state index contributed by atoms with van der Waals surface area (Å²) in [6, 6.07) is 7.64. The molecule has 0 aliphatic heterocycles. The number of nitrogen functional groups attached to an aromatic ring is 1. The Morgan fingerprint density at radius 2 is 1.96 bits per heavy atom. The Morgan fingerprint density at radius 1 is 1.33 bits per heavy atom. The predicted octanol–water partition coefficient (Wildman–Crippen LogP) is 3.64. The Balaban J connectivity index is 1.98. The van der Waals surface area contributed by atoms with Crippen molar-refractivity contribution in [1.29, 1.82) is 5.26 Å². The van der Waals surface area contributed by atoms with Gasteiger partial charge in [-0.1, -0.05) is 0 Å². The Morgan fingerprint density at radius 3 is 2.42 bits per heavy atom. The van der Waals surface area contributed by atoms with E-state index in [1.807, 2.05) is 26.8 Å². The third-order valence-electron chi connectivity index (χ3n) is 4.53. The maximum Gasteiger partial charge on any atom is 0.407 e. The summed E-state index contributed by atoms with van der Waals surface area (Å²) in [5.41, 5.74) is 7.54. The number of carboxylic acid groups (broad SMARTS) is 1. The number of rotatable bonds is 3. The number of nitrogens with one attached hydrogen (secondary N) is 1. The molecule has 1 aliphatic carbocycles. The molecule has 6 nitrogen and oxygen atoms in total. The number of nitrogens with two attached hydrogens (primary N) is 1. The molecule has 2 rings (SSSR count). The van der Waals surface area contributed by atoms with Gasteiger partial charge in [0, 0.05) is 17.6 Å². The average Bonchev–Trinajstić information content (AvgIpc) is 2.49. The SMILES string of the molecule is CC(C)(C)N(C(=O)O)[C@H]1CC[C@H](Nc2ccc(C#N)cc2N)CC1. The van der Waals surface area contributed by atoms with Gasteiger partial charge in [0.2, 0.25) is 0 Å². The molecule has 6 heteroatoms. The van der Waals surface area contributed by atoms with Gasteiger partial charge in [-0.25, -0.2) is 4.79 Å². The van der Waals surface area contributed by atoms with Gasteiger partial charge in [0.25, 0.3) is 0 Å². The molecule has 1 amide bonds. The van der Waals surface area contributed by atoms with Crippen LogP contribution in [0.2, 0.25) is 0 Å². The Bertz CT molecular complexity index is 637. The van der Waals surface area contributed by atoms with Crippen LogP contribution in [-0.2, 0) is 0 Å². The summed E-state index contributed by atoms with van der Waals surface area (Å²) in [5.74, 6) is 0. The fourth-order valence-electron chi connectivity index (χ4n) is 3.45. The number of hydrogen-bond acceptors (Lipinski definition) is 4. The Kier molecular flexibility index (Phi) is 5.23. The molecule has 0 radical (unpaired) electrons. The summed E-state index contributed by atoms with van der Waals surface area (Å²) in [6.45, 7) is 5.80. The van der Waals surface area contributed by atoms with Crippen LogP contribution >= 0.6 is 0 Å². The standard InChI is InChI=1S/C18H26N4O2/c1-18(2,3)22(17(23)24)14-7-5-13(6-8-14)21-16-9-4-12(11-19)10-15(16)20/h4,9-10,13-14,21H,5-8,20H2,1-3H3,(H,23,24)/t13-,14-. The van der Waals surface area contributed by atoms with Crippen LogP contribution in [0.5, 0.6) is 0 Å². The summed E-state index contributed by atoms with van der Waals surface area (Å²) in [4.78, 5) is 13.2. The van der Waals surface area contributed by atoms with Gasteiger partial charge < -0.3 is 21.1 Å². The molecule has 130 valence electrons. The third kappa shape index (κ3) is 4.10. The number of nitrogens with zero attached hydrogens (tertiary/aromatic N) is 2. The van der Waals surface area contributed by atoms with Crippen molar-refractivity contribution in [2.24, 2.45) is 0 Å². The number of carbonyl (C=O) groups is 1. The second-order valence-electron chi connectivity index (χ2n) is 7.39. The lowest BCUT2D eigenvalue weighted by molar-refractivity contribution is 0.0557. The van der Waals surface area contributed by atoms with E-state index in [0.717, 1.165) is 31.4 Å². The normalized spacial score (nSPS) is 20.9. The van der Waals surface area contributed by atoms with Crippen LogP contribution in [0.4, 0.5) is 16.2 Å². The van der Waals surface area contributed by atoms with Crippen molar-refractivity contribution in [3.63, 3.8) is 0 Å². The smallest absolute Gasteiger partial charge is 0.407 e. The average molecular weight is 330 g/mol. The second-order valence-corrected chi connectivity index (χ2v) is 7.39. The highest BCUT2D eigenvalue weighted by atomic mass is 16.4. The van der Waals surface area contributed by atoms with Gasteiger partial charge in [-0.05, 0) is 64.7 Å². The molecule has 1 aromatic carbocycles. The van der Waals surface area contributed by atoms with E-state index in [-0.39, 0.29) is 12.1 Å². The van der Waals surface area contributed by atoms with Gasteiger partial charge in [0.15, 0.2) is 0 Å². The quantitative estimate of drug-likeness (QED) is 0.734. The summed E-state index contributed by atoms with van der Waals surface area (Å²) in [6.07, 6.45) is 2.60. The van der Waals surface area contributed by atoms with Crippen LogP contribution in [0, 0.1) is 11.3 Å². The first-order valence-corrected chi connectivity index (χ1v) is 8.31. The number of benzene rings is 1. The Labute approximate surface area is 143 Å². The fraction of sp³-hybridized carbons (Fsp3) is 0.556. The van der Waals surface area contributed by atoms with Crippen LogP contribution in [0.15, 0.2) is 18.2 Å². The molecular weight excluding hydrogens is 304 g/mol. The Hall–Kier alpha value is -2.42. The first-order valence-electron chi connectivity index (χ1n) is 8.31. The van der Waals surface area contributed by atoms with Crippen molar-refractivity contribution in [1.82, 2.24) is 4.90 Å². The highest BCUT2D eigenvalue weighted by Gasteiger charge is 2.35. The summed E-state index contributed by atoms with van der Waals surface area (Å²) < 4.78 is 0. The van der Waals surface area contributed by atoms with Crippen LogP contribution in [0.1, 0.15) is 52.0 Å². The zero-order chi connectivity index (χ0) is 17.9. The lowest BCUT2D eigenvalue weighted by Crippen LogP contribution is -2.52. The molecule has 1 saturated carbocycles. The molecular formula is C18H26N4O2. The van der Waals surface area contributed by atoms with E-state index < -0.39 is 11.6 Å². The van der Waals surface area contributed by atoms with Gasteiger partial charge in [0.1, 0.15) is 0 Å². The van der Waals surface area contributed by atoms with Crippen molar-refractivity contribution >= 4 is 17.5 Å². The molecule has 1 fully saturated rings. The molecule has 0 aromatic heterocycles. The first-order chi connectivity index (χ1) is 11.2. The van der Waals surface area contributed by atoms with Crippen LogP contribution in [-0.4, -0.2) is 33.7 Å². The van der Waals surface area contributed by atoms with Gasteiger partial charge >= 0.3 is 6.09 Å². The van der Waals surface area contributed by atoms with E-state index in [9.17, 15) is 9.90 Å². The van der Waals surface area contributed by atoms with Crippen LogP contribution in [0.25, 0.3) is 0 Å². The summed E-state index contributed by atoms with van der Waals surface area (Å²) in [7, 11) is 0. The van der Waals surface area contributed by atoms with E-state index in [2.05, 4.69) is 11.4 Å². The minimum absolute atomic E-state index is 0.0545. The number of amides is 1. The lowest BCUT2D eigenvalue weighted by atomic mass is 9.88. The molecule has 1 aliphatic rings. The zero-order valence-corrected chi connectivity index (χ0v) is 14.5.